The molecule has 8 nitrogen and oxygen atoms in total. The largest absolute Gasteiger partial charge is 0.484 e. The van der Waals surface area contributed by atoms with Crippen LogP contribution in [-0.2, 0) is 14.3 Å². The Hall–Kier alpha value is -4.17. The third kappa shape index (κ3) is 5.08. The van der Waals surface area contributed by atoms with Crippen molar-refractivity contribution in [2.45, 2.75) is 6.10 Å². The molecule has 1 atom stereocenters. The first kappa shape index (κ1) is 23.6. The highest BCUT2D eigenvalue weighted by Gasteiger charge is 2.36. The molecule has 0 spiro atoms. The van der Waals surface area contributed by atoms with Crippen LogP contribution in [0.25, 0.3) is 0 Å². The van der Waals surface area contributed by atoms with E-state index >= 15 is 0 Å². The number of anilines is 1. The van der Waals surface area contributed by atoms with Crippen LogP contribution in [0.4, 0.5) is 5.69 Å². The lowest BCUT2D eigenvalue weighted by atomic mass is 10.0. The SMILES string of the molecule is O=C(c1ccccc1)c1ccc(OCC(=O)N2CC(C(=O)N3CCOCC3)Oc3ccccc32)cc1. The summed E-state index contributed by atoms with van der Waals surface area (Å²) in [4.78, 5) is 42.1. The predicted octanol–water partition coefficient (Wildman–Crippen LogP) is 2.95. The second kappa shape index (κ2) is 10.6. The van der Waals surface area contributed by atoms with Crippen molar-refractivity contribution in [3.8, 4) is 11.5 Å². The van der Waals surface area contributed by atoms with E-state index in [1.54, 1.807) is 59.5 Å². The number of hydrogen-bond acceptors (Lipinski definition) is 6. The molecule has 0 aliphatic carbocycles. The van der Waals surface area contributed by atoms with Gasteiger partial charge in [0.2, 0.25) is 0 Å². The van der Waals surface area contributed by atoms with Crippen LogP contribution >= 0.6 is 0 Å². The van der Waals surface area contributed by atoms with Gasteiger partial charge in [-0.15, -0.1) is 0 Å². The van der Waals surface area contributed by atoms with Crippen LogP contribution in [0.2, 0.25) is 0 Å². The standard InChI is InChI=1S/C28H26N2O6/c31-26(19-35-22-12-10-21(11-13-22)27(32)20-6-2-1-3-7-20)30-18-25(28(33)29-14-16-34-17-15-29)36-24-9-5-4-8-23(24)30/h1-13,25H,14-19H2. The van der Waals surface area contributed by atoms with E-state index in [0.717, 1.165) is 0 Å². The number of rotatable bonds is 6. The molecular weight excluding hydrogens is 460 g/mol. The Morgan fingerprint density at radius 1 is 0.833 bits per heavy atom. The molecule has 0 saturated carbocycles. The van der Waals surface area contributed by atoms with Crippen molar-refractivity contribution < 1.29 is 28.6 Å². The highest BCUT2D eigenvalue weighted by atomic mass is 16.5. The topological polar surface area (TPSA) is 85.4 Å². The Morgan fingerprint density at radius 2 is 1.50 bits per heavy atom. The number of nitrogens with zero attached hydrogens (tertiary/aromatic N) is 2. The fraction of sp³-hybridized carbons (Fsp3) is 0.250. The van der Waals surface area contributed by atoms with Gasteiger partial charge in [-0.3, -0.25) is 14.4 Å². The number of morpholine rings is 1. The Kier molecular flexibility index (Phi) is 6.95. The molecule has 0 bridgehead atoms. The van der Waals surface area contributed by atoms with E-state index in [-0.39, 0.29) is 30.7 Å². The number of carbonyl (C=O) groups is 3. The van der Waals surface area contributed by atoms with Gasteiger partial charge in [-0.25, -0.2) is 0 Å². The van der Waals surface area contributed by atoms with E-state index in [9.17, 15) is 14.4 Å². The van der Waals surface area contributed by atoms with E-state index in [2.05, 4.69) is 0 Å². The zero-order valence-corrected chi connectivity index (χ0v) is 19.7. The molecule has 3 aromatic carbocycles. The van der Waals surface area contributed by atoms with E-state index in [1.807, 2.05) is 24.3 Å². The third-order valence-corrected chi connectivity index (χ3v) is 6.19. The van der Waals surface area contributed by atoms with Crippen LogP contribution < -0.4 is 14.4 Å². The number of para-hydroxylation sites is 2. The van der Waals surface area contributed by atoms with E-state index in [1.165, 1.54) is 4.90 Å². The van der Waals surface area contributed by atoms with Crippen molar-refractivity contribution >= 4 is 23.3 Å². The first-order chi connectivity index (χ1) is 17.6. The maximum Gasteiger partial charge on any atom is 0.265 e. The quantitative estimate of drug-likeness (QED) is 0.498. The highest BCUT2D eigenvalue weighted by molar-refractivity contribution is 6.09. The van der Waals surface area contributed by atoms with Crippen molar-refractivity contribution in [3.63, 3.8) is 0 Å². The molecule has 2 aliphatic heterocycles. The number of amides is 2. The minimum absolute atomic E-state index is 0.0841. The van der Waals surface area contributed by atoms with Gasteiger partial charge in [0.25, 0.3) is 11.8 Å². The Morgan fingerprint density at radius 3 is 2.25 bits per heavy atom. The molecule has 1 unspecified atom stereocenters. The fourth-order valence-electron chi connectivity index (χ4n) is 4.27. The summed E-state index contributed by atoms with van der Waals surface area (Å²) in [6.07, 6.45) is -0.801. The second-order valence-corrected chi connectivity index (χ2v) is 8.52. The highest BCUT2D eigenvalue weighted by Crippen LogP contribution is 2.33. The maximum absolute atomic E-state index is 13.2. The van der Waals surface area contributed by atoms with Gasteiger partial charge in [0.1, 0.15) is 11.5 Å². The van der Waals surface area contributed by atoms with E-state index < -0.39 is 6.10 Å². The van der Waals surface area contributed by atoms with Gasteiger partial charge in [-0.05, 0) is 36.4 Å². The Balaban J connectivity index is 1.25. The number of carbonyl (C=O) groups excluding carboxylic acids is 3. The number of ether oxygens (including phenoxy) is 3. The molecule has 1 fully saturated rings. The van der Waals surface area contributed by atoms with Gasteiger partial charge in [-0.2, -0.15) is 0 Å². The van der Waals surface area contributed by atoms with Gasteiger partial charge in [0, 0.05) is 24.2 Å². The number of ketones is 1. The van der Waals surface area contributed by atoms with Gasteiger partial charge in [-0.1, -0.05) is 42.5 Å². The molecule has 0 aromatic heterocycles. The number of hydrogen-bond donors (Lipinski definition) is 0. The average Bonchev–Trinajstić information content (AvgIpc) is 2.95. The van der Waals surface area contributed by atoms with Crippen LogP contribution in [0, 0.1) is 0 Å². The zero-order valence-electron chi connectivity index (χ0n) is 19.7. The smallest absolute Gasteiger partial charge is 0.265 e. The molecule has 0 N–H and O–H groups in total. The number of fused-ring (bicyclic) bond motifs is 1. The molecule has 0 radical (unpaired) electrons. The summed E-state index contributed by atoms with van der Waals surface area (Å²) in [5.41, 5.74) is 1.74. The normalized spacial score (nSPS) is 17.1. The minimum Gasteiger partial charge on any atom is -0.484 e. The van der Waals surface area contributed by atoms with Crippen LogP contribution in [0.3, 0.4) is 0 Å². The fourth-order valence-corrected chi connectivity index (χ4v) is 4.27. The van der Waals surface area contributed by atoms with Crippen molar-refractivity contribution in [3.05, 3.63) is 90.0 Å². The third-order valence-electron chi connectivity index (χ3n) is 6.19. The lowest BCUT2D eigenvalue weighted by Crippen LogP contribution is -2.54. The number of benzene rings is 3. The van der Waals surface area contributed by atoms with Crippen molar-refractivity contribution in [1.29, 1.82) is 0 Å². The van der Waals surface area contributed by atoms with Crippen LogP contribution in [-0.4, -0.2) is 68.1 Å². The molecule has 5 rings (SSSR count). The van der Waals surface area contributed by atoms with Gasteiger partial charge >= 0.3 is 0 Å². The average molecular weight is 487 g/mol. The molecule has 8 heteroatoms. The monoisotopic (exact) mass is 486 g/mol. The Labute approximate surface area is 209 Å². The maximum atomic E-state index is 13.2. The first-order valence-corrected chi connectivity index (χ1v) is 11.9. The second-order valence-electron chi connectivity index (χ2n) is 8.52. The summed E-state index contributed by atoms with van der Waals surface area (Å²) in [5.74, 6) is 0.405. The summed E-state index contributed by atoms with van der Waals surface area (Å²) in [7, 11) is 0. The van der Waals surface area contributed by atoms with Crippen LogP contribution in [0.1, 0.15) is 15.9 Å². The molecule has 2 heterocycles. The van der Waals surface area contributed by atoms with Crippen molar-refractivity contribution in [2.75, 3.05) is 44.4 Å². The molecule has 2 amide bonds. The first-order valence-electron chi connectivity index (χ1n) is 11.9. The predicted molar refractivity (Wildman–Crippen MR) is 132 cm³/mol. The van der Waals surface area contributed by atoms with E-state index in [4.69, 9.17) is 14.2 Å². The van der Waals surface area contributed by atoms with Crippen molar-refractivity contribution in [1.82, 2.24) is 4.90 Å². The van der Waals surface area contributed by atoms with Crippen molar-refractivity contribution in [2.24, 2.45) is 0 Å². The van der Waals surface area contributed by atoms with Gasteiger partial charge < -0.3 is 24.0 Å². The summed E-state index contributed by atoms with van der Waals surface area (Å²) in [5, 5.41) is 0. The molecular formula is C28H26N2O6. The molecule has 36 heavy (non-hydrogen) atoms. The summed E-state index contributed by atoms with van der Waals surface area (Å²) in [6, 6.07) is 22.9. The summed E-state index contributed by atoms with van der Waals surface area (Å²) in [6.45, 7) is 1.85. The van der Waals surface area contributed by atoms with Crippen LogP contribution in [0.5, 0.6) is 11.5 Å². The molecule has 1 saturated heterocycles. The lowest BCUT2D eigenvalue weighted by Gasteiger charge is -2.37. The van der Waals surface area contributed by atoms with E-state index in [0.29, 0.717) is 54.6 Å². The zero-order chi connectivity index (χ0) is 24.9. The summed E-state index contributed by atoms with van der Waals surface area (Å²) >= 11 is 0. The molecule has 2 aliphatic rings. The minimum atomic E-state index is -0.801. The molecule has 184 valence electrons. The molecule has 3 aromatic rings. The van der Waals surface area contributed by atoms with Crippen LogP contribution in [0.15, 0.2) is 78.9 Å². The Bertz CT molecular complexity index is 1240. The summed E-state index contributed by atoms with van der Waals surface area (Å²) < 4.78 is 17.0. The van der Waals surface area contributed by atoms with Gasteiger partial charge in [0.15, 0.2) is 18.5 Å². The lowest BCUT2D eigenvalue weighted by molar-refractivity contribution is -0.142. The van der Waals surface area contributed by atoms with Gasteiger partial charge in [0.05, 0.1) is 25.4 Å².